The average Bonchev–Trinajstić information content (AvgIpc) is 3.13. The van der Waals surface area contributed by atoms with E-state index in [4.69, 9.17) is 4.74 Å². The number of morpholine rings is 1. The molecule has 112 valence electrons. The van der Waals surface area contributed by atoms with E-state index in [2.05, 4.69) is 24.8 Å². The molecule has 0 bridgehead atoms. The van der Waals surface area contributed by atoms with Crippen LogP contribution < -0.4 is 4.90 Å². The maximum Gasteiger partial charge on any atom is 0.238 e. The number of pyridine rings is 1. The maximum atomic E-state index is 10.1. The molecule has 1 fully saturated rings. The minimum Gasteiger partial charge on any atom is -0.492 e. The molecule has 4 heterocycles. The van der Waals surface area contributed by atoms with Crippen LogP contribution in [0, 0.1) is 0 Å². The molecule has 7 nitrogen and oxygen atoms in total. The minimum absolute atomic E-state index is 0.0141. The average molecular weight is 297 g/mol. The summed E-state index contributed by atoms with van der Waals surface area (Å²) in [6.45, 7) is 2.86. The summed E-state index contributed by atoms with van der Waals surface area (Å²) in [5, 5.41) is 10.1. The van der Waals surface area contributed by atoms with Gasteiger partial charge in [0.05, 0.1) is 13.2 Å². The van der Waals surface area contributed by atoms with Crippen molar-refractivity contribution in [2.75, 3.05) is 31.2 Å². The molecule has 2 aliphatic heterocycles. The van der Waals surface area contributed by atoms with Gasteiger partial charge in [-0.25, -0.2) is 9.98 Å². The lowest BCUT2D eigenvalue weighted by Gasteiger charge is -2.25. The Bertz CT molecular complexity index is 759. The van der Waals surface area contributed by atoms with Gasteiger partial charge in [-0.1, -0.05) is 0 Å². The number of fused-ring (bicyclic) bond motifs is 1. The molecule has 0 spiro atoms. The highest BCUT2D eigenvalue weighted by molar-refractivity contribution is 6.20. The molecule has 0 aromatic carbocycles. The summed E-state index contributed by atoms with van der Waals surface area (Å²) >= 11 is 0. The van der Waals surface area contributed by atoms with Crippen LogP contribution in [0.15, 0.2) is 23.3 Å². The van der Waals surface area contributed by atoms with Crippen molar-refractivity contribution in [3.8, 4) is 5.88 Å². The van der Waals surface area contributed by atoms with Crippen LogP contribution in [0.3, 0.4) is 0 Å². The number of nitrogens with one attached hydrogen (secondary N) is 1. The van der Waals surface area contributed by atoms with Gasteiger partial charge in [0.2, 0.25) is 11.8 Å². The molecule has 0 saturated carbocycles. The predicted molar refractivity (Wildman–Crippen MR) is 83.5 cm³/mol. The number of aromatic amines is 1. The van der Waals surface area contributed by atoms with Crippen LogP contribution in [-0.4, -0.2) is 52.6 Å². The van der Waals surface area contributed by atoms with Gasteiger partial charge in [0.25, 0.3) is 0 Å². The quantitative estimate of drug-likeness (QED) is 0.879. The van der Waals surface area contributed by atoms with Gasteiger partial charge in [-0.2, -0.15) is 4.98 Å². The SMILES string of the molecule is Oc1nc(N2CCOCC2)[nH]c1C=C1C=Nc2ncccc21. The Hall–Kier alpha value is -2.67. The molecule has 0 atom stereocenters. The summed E-state index contributed by atoms with van der Waals surface area (Å²) in [6, 6.07) is 3.82. The van der Waals surface area contributed by atoms with E-state index in [0.717, 1.165) is 24.2 Å². The third-order valence-electron chi connectivity index (χ3n) is 3.73. The van der Waals surface area contributed by atoms with Crippen molar-refractivity contribution in [1.29, 1.82) is 0 Å². The first-order chi connectivity index (χ1) is 10.8. The normalized spacial score (nSPS) is 18.9. The molecular weight excluding hydrogens is 282 g/mol. The van der Waals surface area contributed by atoms with Gasteiger partial charge in [-0.3, -0.25) is 0 Å². The summed E-state index contributed by atoms with van der Waals surface area (Å²) in [5.41, 5.74) is 2.42. The van der Waals surface area contributed by atoms with Crippen LogP contribution in [0.5, 0.6) is 5.88 Å². The van der Waals surface area contributed by atoms with E-state index in [1.165, 1.54) is 0 Å². The summed E-state index contributed by atoms with van der Waals surface area (Å²) in [5.74, 6) is 1.34. The maximum absolute atomic E-state index is 10.1. The summed E-state index contributed by atoms with van der Waals surface area (Å²) < 4.78 is 5.32. The first kappa shape index (κ1) is 13.0. The van der Waals surface area contributed by atoms with Gasteiger partial charge in [0.1, 0.15) is 5.69 Å². The van der Waals surface area contributed by atoms with Crippen molar-refractivity contribution < 1.29 is 9.84 Å². The van der Waals surface area contributed by atoms with Crippen molar-refractivity contribution in [2.45, 2.75) is 0 Å². The Kier molecular flexibility index (Phi) is 3.12. The van der Waals surface area contributed by atoms with Crippen molar-refractivity contribution in [3.63, 3.8) is 0 Å². The topological polar surface area (TPSA) is 86.6 Å². The van der Waals surface area contributed by atoms with E-state index in [1.807, 2.05) is 18.2 Å². The highest BCUT2D eigenvalue weighted by Gasteiger charge is 2.18. The molecule has 0 aliphatic carbocycles. The van der Waals surface area contributed by atoms with E-state index < -0.39 is 0 Å². The molecule has 2 aliphatic rings. The molecule has 22 heavy (non-hydrogen) atoms. The molecule has 7 heteroatoms. The number of nitrogens with zero attached hydrogens (tertiary/aromatic N) is 4. The standard InChI is InChI=1S/C15H15N5O2/c21-14-12(18-15(19-14)20-4-6-22-7-5-20)8-10-9-17-13-11(10)2-1-3-16-13/h1-3,8-9,21H,4-7H2,(H,18,19). The number of rotatable bonds is 2. The number of hydrogen-bond donors (Lipinski definition) is 2. The lowest BCUT2D eigenvalue weighted by molar-refractivity contribution is 0.122. The van der Waals surface area contributed by atoms with Gasteiger partial charge in [0, 0.05) is 36.6 Å². The molecule has 2 aromatic heterocycles. The molecule has 2 aromatic rings. The Morgan fingerprint density at radius 1 is 1.32 bits per heavy atom. The van der Waals surface area contributed by atoms with Gasteiger partial charge in [0.15, 0.2) is 5.82 Å². The third kappa shape index (κ3) is 2.25. The van der Waals surface area contributed by atoms with Gasteiger partial charge in [-0.15, -0.1) is 0 Å². The Morgan fingerprint density at radius 3 is 3.05 bits per heavy atom. The fourth-order valence-corrected chi connectivity index (χ4v) is 2.59. The Morgan fingerprint density at radius 2 is 2.18 bits per heavy atom. The van der Waals surface area contributed by atoms with Crippen molar-refractivity contribution in [1.82, 2.24) is 15.0 Å². The summed E-state index contributed by atoms with van der Waals surface area (Å²) in [6.07, 6.45) is 5.29. The number of aromatic hydroxyl groups is 1. The van der Waals surface area contributed by atoms with E-state index in [0.29, 0.717) is 30.7 Å². The molecule has 1 saturated heterocycles. The molecule has 0 radical (unpaired) electrons. The van der Waals surface area contributed by atoms with Crippen LogP contribution in [0.4, 0.5) is 11.8 Å². The van der Waals surface area contributed by atoms with E-state index in [9.17, 15) is 5.11 Å². The molecule has 4 rings (SSSR count). The van der Waals surface area contributed by atoms with Gasteiger partial charge < -0.3 is 19.7 Å². The number of imidazole rings is 1. The molecule has 0 amide bonds. The predicted octanol–water partition coefficient (Wildman–Crippen LogP) is 1.60. The van der Waals surface area contributed by atoms with Crippen LogP contribution in [0.25, 0.3) is 11.6 Å². The van der Waals surface area contributed by atoms with Crippen molar-refractivity contribution in [3.05, 3.63) is 29.6 Å². The first-order valence-corrected chi connectivity index (χ1v) is 7.14. The second-order valence-electron chi connectivity index (χ2n) is 5.13. The number of anilines is 1. The zero-order chi connectivity index (χ0) is 14.9. The molecule has 2 N–H and O–H groups in total. The zero-order valence-corrected chi connectivity index (χ0v) is 11.9. The smallest absolute Gasteiger partial charge is 0.238 e. The van der Waals surface area contributed by atoms with Crippen LogP contribution in [-0.2, 0) is 4.74 Å². The summed E-state index contributed by atoms with van der Waals surface area (Å²) in [7, 11) is 0. The highest BCUT2D eigenvalue weighted by atomic mass is 16.5. The lowest BCUT2D eigenvalue weighted by atomic mass is 10.1. The molecular formula is C15H15N5O2. The summed E-state index contributed by atoms with van der Waals surface area (Å²) in [4.78, 5) is 17.9. The van der Waals surface area contributed by atoms with Crippen LogP contribution in [0.1, 0.15) is 11.3 Å². The van der Waals surface area contributed by atoms with Gasteiger partial charge >= 0.3 is 0 Å². The van der Waals surface area contributed by atoms with Crippen LogP contribution >= 0.6 is 0 Å². The second-order valence-corrected chi connectivity index (χ2v) is 5.13. The fraction of sp³-hybridized carbons (Fsp3) is 0.267. The van der Waals surface area contributed by atoms with E-state index >= 15 is 0 Å². The highest BCUT2D eigenvalue weighted by Crippen LogP contribution is 2.32. The second kappa shape index (κ2) is 5.27. The lowest BCUT2D eigenvalue weighted by Crippen LogP contribution is -2.36. The number of hydrogen-bond acceptors (Lipinski definition) is 6. The van der Waals surface area contributed by atoms with Gasteiger partial charge in [-0.05, 0) is 18.2 Å². The van der Waals surface area contributed by atoms with Crippen molar-refractivity contribution >= 4 is 29.6 Å². The Balaban J connectivity index is 1.65. The van der Waals surface area contributed by atoms with Crippen LogP contribution in [0.2, 0.25) is 0 Å². The monoisotopic (exact) mass is 297 g/mol. The number of ether oxygens (including phenoxy) is 1. The Labute approximate surface area is 127 Å². The minimum atomic E-state index is -0.0141. The van der Waals surface area contributed by atoms with Crippen molar-refractivity contribution in [2.24, 2.45) is 4.99 Å². The largest absolute Gasteiger partial charge is 0.492 e. The zero-order valence-electron chi connectivity index (χ0n) is 11.9. The fourth-order valence-electron chi connectivity index (χ4n) is 2.59. The first-order valence-electron chi connectivity index (χ1n) is 7.14. The molecule has 0 unspecified atom stereocenters. The van der Waals surface area contributed by atoms with E-state index in [1.54, 1.807) is 12.4 Å². The number of aliphatic imine (C=N–C) groups is 1. The van der Waals surface area contributed by atoms with E-state index in [-0.39, 0.29) is 5.88 Å². The third-order valence-corrected chi connectivity index (χ3v) is 3.73. The number of allylic oxidation sites excluding steroid dienone is 1. The number of H-pyrrole nitrogens is 1. The number of aromatic nitrogens is 3.